The summed E-state index contributed by atoms with van der Waals surface area (Å²) in [6, 6.07) is 4.36. The summed E-state index contributed by atoms with van der Waals surface area (Å²) in [6.07, 6.45) is 8.54. The zero-order valence-corrected chi connectivity index (χ0v) is 16.0. The molecule has 0 amide bonds. The third-order valence-electron chi connectivity index (χ3n) is 4.85. The van der Waals surface area contributed by atoms with Crippen molar-refractivity contribution in [2.75, 3.05) is 47.3 Å². The molecule has 3 rings (SSSR count). The van der Waals surface area contributed by atoms with Crippen LogP contribution in [0.5, 0.6) is 5.75 Å². The Balaban J connectivity index is 2.18. The summed E-state index contributed by atoms with van der Waals surface area (Å²) in [4.78, 5) is 2.12. The first-order chi connectivity index (χ1) is 11.9. The van der Waals surface area contributed by atoms with Gasteiger partial charge >= 0.3 is 0 Å². The topological polar surface area (TPSA) is 24.7 Å². The number of ether oxygens (including phenoxy) is 2. The van der Waals surface area contributed by atoms with Crippen molar-refractivity contribution in [2.24, 2.45) is 0 Å². The highest BCUT2D eigenvalue weighted by Crippen LogP contribution is 2.39. The van der Waals surface area contributed by atoms with Crippen LogP contribution < -0.4 is 9.64 Å². The lowest BCUT2D eigenvalue weighted by Gasteiger charge is -2.18. The molecule has 1 aromatic carbocycles. The van der Waals surface area contributed by atoms with Crippen LogP contribution in [0.2, 0.25) is 0 Å². The minimum absolute atomic E-state index is 0.910. The minimum atomic E-state index is 0.910. The Labute approximate surface area is 150 Å². The molecule has 0 bridgehead atoms. The van der Waals surface area contributed by atoms with E-state index in [1.54, 1.807) is 14.2 Å². The number of rotatable bonds is 3. The molecule has 0 heterocycles. The molecule has 0 aliphatic heterocycles. The Hall–Kier alpha value is -2.49. The number of allylic oxidation sites excluding steroid dienone is 3. The van der Waals surface area contributed by atoms with Crippen molar-refractivity contribution in [1.82, 2.24) is 0 Å². The fourth-order valence-electron chi connectivity index (χ4n) is 3.35. The maximum Gasteiger partial charge on any atom is 0.203 e. The van der Waals surface area contributed by atoms with Crippen molar-refractivity contribution < 1.29 is 14.0 Å². The Morgan fingerprint density at radius 3 is 2.32 bits per heavy atom. The molecule has 0 saturated heterocycles. The highest BCUT2D eigenvalue weighted by molar-refractivity contribution is 6.04. The molecule has 0 fully saturated rings. The van der Waals surface area contributed by atoms with Gasteiger partial charge in [-0.2, -0.15) is 0 Å². The van der Waals surface area contributed by atoms with Crippen LogP contribution in [0.1, 0.15) is 17.5 Å². The molecule has 2 aliphatic rings. The highest BCUT2D eigenvalue weighted by atomic mass is 16.5. The molecule has 0 atom stereocenters. The number of benzene rings is 1. The first-order valence-corrected chi connectivity index (χ1v) is 8.55. The van der Waals surface area contributed by atoms with E-state index in [-0.39, 0.29) is 0 Å². The highest BCUT2D eigenvalue weighted by Gasteiger charge is 2.25. The van der Waals surface area contributed by atoms with Crippen molar-refractivity contribution in [3.05, 3.63) is 52.3 Å². The Morgan fingerprint density at radius 2 is 1.72 bits per heavy atom. The maximum absolute atomic E-state index is 5.70. The second-order valence-corrected chi connectivity index (χ2v) is 6.87. The second kappa shape index (κ2) is 6.79. The van der Waals surface area contributed by atoms with Gasteiger partial charge in [-0.1, -0.05) is 0 Å². The smallest absolute Gasteiger partial charge is 0.203 e. The Kier molecular flexibility index (Phi) is 4.71. The number of fused-ring (bicyclic) bond motifs is 2. The molecule has 0 aromatic heterocycles. The van der Waals surface area contributed by atoms with Crippen LogP contribution in [0.3, 0.4) is 0 Å². The maximum atomic E-state index is 5.70. The van der Waals surface area contributed by atoms with Gasteiger partial charge in [0.05, 0.1) is 20.3 Å². The number of nitrogens with zero attached hydrogens (tertiary/aromatic N) is 2. The average molecular weight is 339 g/mol. The molecular weight excluding hydrogens is 312 g/mol. The summed E-state index contributed by atoms with van der Waals surface area (Å²) < 4.78 is 13.5. The first-order valence-electron chi connectivity index (χ1n) is 8.55. The molecule has 0 N–H and O–H groups in total. The van der Waals surface area contributed by atoms with E-state index in [1.165, 1.54) is 11.1 Å². The van der Waals surface area contributed by atoms with Crippen molar-refractivity contribution in [3.8, 4) is 5.75 Å². The van der Waals surface area contributed by atoms with Gasteiger partial charge in [-0.15, -0.1) is 0 Å². The number of anilines is 1. The summed E-state index contributed by atoms with van der Waals surface area (Å²) in [5, 5.41) is 0. The van der Waals surface area contributed by atoms with Gasteiger partial charge in [0.2, 0.25) is 5.71 Å². The van der Waals surface area contributed by atoms with E-state index in [4.69, 9.17) is 9.47 Å². The van der Waals surface area contributed by atoms with Gasteiger partial charge in [0, 0.05) is 43.1 Å². The largest absolute Gasteiger partial charge is 0.496 e. The predicted octanol–water partition coefficient (Wildman–Crippen LogP) is 3.27. The van der Waals surface area contributed by atoms with E-state index in [9.17, 15) is 0 Å². The third kappa shape index (κ3) is 3.21. The average Bonchev–Trinajstić information content (AvgIpc) is 2.79. The van der Waals surface area contributed by atoms with Gasteiger partial charge in [0.25, 0.3) is 0 Å². The lowest BCUT2D eigenvalue weighted by molar-refractivity contribution is -0.462. The molecule has 4 heteroatoms. The number of aryl methyl sites for hydroxylation is 1. The normalized spacial score (nSPS) is 15.9. The molecule has 0 unspecified atom stereocenters. The molecule has 0 radical (unpaired) electrons. The third-order valence-corrected chi connectivity index (χ3v) is 4.85. The van der Waals surface area contributed by atoms with Crippen LogP contribution in [0.4, 0.5) is 5.69 Å². The summed E-state index contributed by atoms with van der Waals surface area (Å²) in [5.74, 6) is 1.82. The SMILES string of the molecule is COC1=CC(=[N+](C)C)C=C2CCc3cc(N(C)C)cc(OC)c3C=C21. The number of hydrogen-bond donors (Lipinski definition) is 0. The standard InChI is InChI=1S/C21H27N2O2/c1-22(2)16-9-14-7-8-15-10-17(23(3)4)12-21(25-6)19(15)13-18(14)20(11-16)24-5/h9-13H,7-8H2,1-6H3/q+1. The van der Waals surface area contributed by atoms with Crippen LogP contribution in [0.15, 0.2) is 41.2 Å². The summed E-state index contributed by atoms with van der Waals surface area (Å²) in [5.41, 5.74) is 7.26. The van der Waals surface area contributed by atoms with Crippen LogP contribution in [0, 0.1) is 0 Å². The van der Waals surface area contributed by atoms with Gasteiger partial charge < -0.3 is 14.4 Å². The van der Waals surface area contributed by atoms with Crippen molar-refractivity contribution in [3.63, 3.8) is 0 Å². The molecule has 0 spiro atoms. The fraction of sp³-hybridized carbons (Fsp3) is 0.381. The van der Waals surface area contributed by atoms with E-state index >= 15 is 0 Å². The van der Waals surface area contributed by atoms with Gasteiger partial charge in [-0.25, -0.2) is 4.58 Å². The summed E-state index contributed by atoms with van der Waals surface area (Å²) in [7, 11) is 11.7. The molecule has 0 saturated carbocycles. The lowest BCUT2D eigenvalue weighted by atomic mass is 9.93. The molecule has 2 aliphatic carbocycles. The molecule has 4 nitrogen and oxygen atoms in total. The van der Waals surface area contributed by atoms with Gasteiger partial charge in [0.1, 0.15) is 25.6 Å². The van der Waals surface area contributed by atoms with Crippen molar-refractivity contribution in [1.29, 1.82) is 0 Å². The lowest BCUT2D eigenvalue weighted by Crippen LogP contribution is -2.15. The minimum Gasteiger partial charge on any atom is -0.496 e. The zero-order chi connectivity index (χ0) is 18.1. The van der Waals surface area contributed by atoms with E-state index < -0.39 is 0 Å². The fourth-order valence-corrected chi connectivity index (χ4v) is 3.35. The first kappa shape index (κ1) is 17.3. The number of methoxy groups -OCH3 is 2. The van der Waals surface area contributed by atoms with E-state index in [0.717, 1.165) is 46.9 Å². The predicted molar refractivity (Wildman–Crippen MR) is 104 cm³/mol. The monoisotopic (exact) mass is 339 g/mol. The summed E-state index contributed by atoms with van der Waals surface area (Å²) >= 11 is 0. The molecule has 1 aromatic rings. The molecule has 25 heavy (non-hydrogen) atoms. The van der Waals surface area contributed by atoms with Gasteiger partial charge in [0.15, 0.2) is 0 Å². The van der Waals surface area contributed by atoms with Gasteiger partial charge in [-0.3, -0.25) is 0 Å². The Morgan fingerprint density at radius 1 is 0.960 bits per heavy atom. The number of hydrogen-bond acceptors (Lipinski definition) is 3. The van der Waals surface area contributed by atoms with Crippen molar-refractivity contribution in [2.45, 2.75) is 12.8 Å². The zero-order valence-electron chi connectivity index (χ0n) is 16.0. The molecule has 132 valence electrons. The van der Waals surface area contributed by atoms with Crippen LogP contribution >= 0.6 is 0 Å². The van der Waals surface area contributed by atoms with Crippen LogP contribution in [-0.2, 0) is 11.2 Å². The van der Waals surface area contributed by atoms with Gasteiger partial charge in [-0.05, 0) is 36.1 Å². The van der Waals surface area contributed by atoms with E-state index in [2.05, 4.69) is 68.0 Å². The molecular formula is C21H27N2O2+. The Bertz CT molecular complexity index is 823. The van der Waals surface area contributed by atoms with Crippen LogP contribution in [-0.4, -0.2) is 52.7 Å². The van der Waals surface area contributed by atoms with E-state index in [0.29, 0.717) is 0 Å². The van der Waals surface area contributed by atoms with Crippen molar-refractivity contribution >= 4 is 17.5 Å². The summed E-state index contributed by atoms with van der Waals surface area (Å²) in [6.45, 7) is 0. The van der Waals surface area contributed by atoms with Crippen LogP contribution in [0.25, 0.3) is 6.08 Å². The second-order valence-electron chi connectivity index (χ2n) is 6.87. The quantitative estimate of drug-likeness (QED) is 0.790. The van der Waals surface area contributed by atoms with E-state index in [1.807, 2.05) is 0 Å².